The van der Waals surface area contributed by atoms with Crippen molar-refractivity contribution in [1.29, 1.82) is 0 Å². The van der Waals surface area contributed by atoms with Crippen molar-refractivity contribution >= 4 is 23.2 Å². The van der Waals surface area contributed by atoms with Crippen LogP contribution in [-0.2, 0) is 29.0 Å². The highest BCUT2D eigenvalue weighted by Crippen LogP contribution is 2.32. The Morgan fingerprint density at radius 3 is 2.53 bits per heavy atom. The second kappa shape index (κ2) is 11.0. The van der Waals surface area contributed by atoms with Crippen LogP contribution in [0.3, 0.4) is 0 Å². The van der Waals surface area contributed by atoms with Crippen molar-refractivity contribution < 1.29 is 9.59 Å². The molecule has 1 N–H and O–H groups in total. The van der Waals surface area contributed by atoms with E-state index in [0.717, 1.165) is 42.9 Å². The zero-order valence-electron chi connectivity index (χ0n) is 18.2. The van der Waals surface area contributed by atoms with E-state index < -0.39 is 0 Å². The minimum absolute atomic E-state index is 0.0592. The highest BCUT2D eigenvalue weighted by Gasteiger charge is 2.29. The predicted molar refractivity (Wildman–Crippen MR) is 127 cm³/mol. The maximum Gasteiger partial charge on any atom is 0.223 e. The highest BCUT2D eigenvalue weighted by atomic mass is 32.1. The molecule has 2 heterocycles. The predicted octanol–water partition coefficient (Wildman–Crippen LogP) is 4.69. The molecule has 0 bridgehead atoms. The molecule has 0 radical (unpaired) electrons. The average Bonchev–Trinajstić information content (AvgIpc) is 3.51. The molecule has 3 aromatic rings. The minimum Gasteiger partial charge on any atom is -0.350 e. The molecule has 1 aliphatic rings. The number of benzene rings is 2. The van der Waals surface area contributed by atoms with Crippen molar-refractivity contribution in [3.8, 4) is 0 Å². The van der Waals surface area contributed by atoms with Crippen molar-refractivity contribution in [2.24, 2.45) is 0 Å². The van der Waals surface area contributed by atoms with Gasteiger partial charge in [0, 0.05) is 24.8 Å². The molecule has 1 fully saturated rings. The zero-order chi connectivity index (χ0) is 22.2. The van der Waals surface area contributed by atoms with Crippen LogP contribution in [-0.4, -0.2) is 28.2 Å². The smallest absolute Gasteiger partial charge is 0.223 e. The average molecular weight is 448 g/mol. The first-order chi connectivity index (χ1) is 15.7. The van der Waals surface area contributed by atoms with Gasteiger partial charge < -0.3 is 10.2 Å². The SMILES string of the molecule is O=C(CCC(=O)N1CCCC1c1ccccc1)NCc1nc(CCc2ccccc2)cs1. The highest BCUT2D eigenvalue weighted by molar-refractivity contribution is 7.09. The molecule has 2 aromatic carbocycles. The summed E-state index contributed by atoms with van der Waals surface area (Å²) in [6.07, 6.45) is 4.30. The zero-order valence-corrected chi connectivity index (χ0v) is 19.0. The molecule has 1 aliphatic heterocycles. The molecule has 32 heavy (non-hydrogen) atoms. The van der Waals surface area contributed by atoms with Crippen LogP contribution in [0.5, 0.6) is 0 Å². The Morgan fingerprint density at radius 2 is 1.75 bits per heavy atom. The molecule has 5 nitrogen and oxygen atoms in total. The van der Waals surface area contributed by atoms with E-state index in [4.69, 9.17) is 0 Å². The van der Waals surface area contributed by atoms with Gasteiger partial charge in [0.15, 0.2) is 0 Å². The Bertz CT molecular complexity index is 1020. The van der Waals surface area contributed by atoms with Gasteiger partial charge in [0.25, 0.3) is 0 Å². The molecule has 1 saturated heterocycles. The lowest BCUT2D eigenvalue weighted by Gasteiger charge is -2.25. The number of carbonyl (C=O) groups excluding carboxylic acids is 2. The van der Waals surface area contributed by atoms with Gasteiger partial charge in [-0.05, 0) is 36.8 Å². The minimum atomic E-state index is -0.102. The van der Waals surface area contributed by atoms with E-state index in [-0.39, 0.29) is 30.7 Å². The van der Waals surface area contributed by atoms with Crippen molar-refractivity contribution in [1.82, 2.24) is 15.2 Å². The third kappa shape index (κ3) is 6.04. The Labute approximate surface area is 193 Å². The Morgan fingerprint density at radius 1 is 1.00 bits per heavy atom. The van der Waals surface area contributed by atoms with Crippen LogP contribution in [0.25, 0.3) is 0 Å². The summed E-state index contributed by atoms with van der Waals surface area (Å²) in [6, 6.07) is 20.7. The summed E-state index contributed by atoms with van der Waals surface area (Å²) in [5, 5.41) is 5.87. The molecule has 4 rings (SSSR count). The van der Waals surface area contributed by atoms with Gasteiger partial charge in [-0.2, -0.15) is 0 Å². The molecule has 2 amide bonds. The second-order valence-corrected chi connectivity index (χ2v) is 9.09. The first kappa shape index (κ1) is 22.2. The molecular formula is C26H29N3O2S. The summed E-state index contributed by atoms with van der Waals surface area (Å²) in [6.45, 7) is 1.18. The number of likely N-dealkylation sites (tertiary alicyclic amines) is 1. The van der Waals surface area contributed by atoms with Gasteiger partial charge in [-0.25, -0.2) is 4.98 Å². The molecule has 0 spiro atoms. The maximum atomic E-state index is 12.7. The number of aryl methyl sites for hydroxylation is 2. The van der Waals surface area contributed by atoms with Gasteiger partial charge >= 0.3 is 0 Å². The standard InChI is InChI=1S/C26H29N3O2S/c30-24(15-16-26(31)29-17-7-12-23(29)21-10-5-2-6-11-21)27-18-25-28-22(19-32-25)14-13-20-8-3-1-4-9-20/h1-6,8-11,19,23H,7,12-18H2,(H,27,30). The van der Waals surface area contributed by atoms with Crippen LogP contribution in [0.15, 0.2) is 66.0 Å². The second-order valence-electron chi connectivity index (χ2n) is 8.15. The summed E-state index contributed by atoms with van der Waals surface area (Å²) in [4.78, 5) is 31.6. The van der Waals surface area contributed by atoms with E-state index in [1.165, 1.54) is 11.1 Å². The fraction of sp³-hybridized carbons (Fsp3) is 0.346. The molecular weight excluding hydrogens is 418 g/mol. The normalized spacial score (nSPS) is 15.6. The van der Waals surface area contributed by atoms with Crippen molar-refractivity contribution in [3.05, 3.63) is 87.9 Å². The Hall–Kier alpha value is -2.99. The first-order valence-corrected chi connectivity index (χ1v) is 12.2. The van der Waals surface area contributed by atoms with Crippen LogP contribution in [0, 0.1) is 0 Å². The fourth-order valence-electron chi connectivity index (χ4n) is 4.18. The van der Waals surface area contributed by atoms with E-state index in [9.17, 15) is 9.59 Å². The summed E-state index contributed by atoms with van der Waals surface area (Å²) in [5.74, 6) is -0.0428. The van der Waals surface area contributed by atoms with E-state index in [2.05, 4.69) is 39.9 Å². The number of thiazole rings is 1. The number of hydrogen-bond acceptors (Lipinski definition) is 4. The van der Waals surface area contributed by atoms with Gasteiger partial charge in [-0.1, -0.05) is 60.7 Å². The third-order valence-corrected chi connectivity index (χ3v) is 6.77. The number of amides is 2. The summed E-state index contributed by atoms with van der Waals surface area (Å²) in [7, 11) is 0. The molecule has 0 saturated carbocycles. The summed E-state index contributed by atoms with van der Waals surface area (Å²) in [5.41, 5.74) is 3.53. The maximum absolute atomic E-state index is 12.7. The molecule has 1 atom stereocenters. The summed E-state index contributed by atoms with van der Waals surface area (Å²) >= 11 is 1.57. The fourth-order valence-corrected chi connectivity index (χ4v) is 4.94. The van der Waals surface area contributed by atoms with Gasteiger partial charge in [-0.3, -0.25) is 9.59 Å². The van der Waals surface area contributed by atoms with Crippen molar-refractivity contribution in [2.45, 2.75) is 51.1 Å². The van der Waals surface area contributed by atoms with Crippen molar-refractivity contribution in [3.63, 3.8) is 0 Å². The third-order valence-electron chi connectivity index (χ3n) is 5.87. The van der Waals surface area contributed by atoms with E-state index >= 15 is 0 Å². The molecule has 0 aliphatic carbocycles. The van der Waals surface area contributed by atoms with Gasteiger partial charge in [0.2, 0.25) is 11.8 Å². The monoisotopic (exact) mass is 447 g/mol. The van der Waals surface area contributed by atoms with E-state index in [0.29, 0.717) is 6.54 Å². The molecule has 6 heteroatoms. The van der Waals surface area contributed by atoms with Crippen LogP contribution in [0.1, 0.15) is 53.6 Å². The number of aromatic nitrogens is 1. The molecule has 1 aromatic heterocycles. The topological polar surface area (TPSA) is 62.3 Å². The van der Waals surface area contributed by atoms with Crippen LogP contribution in [0.2, 0.25) is 0 Å². The van der Waals surface area contributed by atoms with Crippen LogP contribution >= 0.6 is 11.3 Å². The van der Waals surface area contributed by atoms with Gasteiger partial charge in [-0.15, -0.1) is 11.3 Å². The lowest BCUT2D eigenvalue weighted by molar-refractivity contribution is -0.134. The number of rotatable bonds is 9. The van der Waals surface area contributed by atoms with Gasteiger partial charge in [0.05, 0.1) is 18.3 Å². The largest absolute Gasteiger partial charge is 0.350 e. The van der Waals surface area contributed by atoms with Gasteiger partial charge in [0.1, 0.15) is 5.01 Å². The van der Waals surface area contributed by atoms with Crippen molar-refractivity contribution in [2.75, 3.05) is 6.54 Å². The first-order valence-electron chi connectivity index (χ1n) is 11.3. The number of hydrogen-bond donors (Lipinski definition) is 1. The number of nitrogens with zero attached hydrogens (tertiary/aromatic N) is 2. The Kier molecular flexibility index (Phi) is 7.67. The van der Waals surface area contributed by atoms with Crippen LogP contribution < -0.4 is 5.32 Å². The quantitative estimate of drug-likeness (QED) is 0.518. The van der Waals surface area contributed by atoms with E-state index in [1.807, 2.05) is 41.3 Å². The lowest BCUT2D eigenvalue weighted by Crippen LogP contribution is -2.32. The van der Waals surface area contributed by atoms with E-state index in [1.54, 1.807) is 11.3 Å². The van der Waals surface area contributed by atoms with Crippen LogP contribution in [0.4, 0.5) is 0 Å². The number of nitrogens with one attached hydrogen (secondary N) is 1. The summed E-state index contributed by atoms with van der Waals surface area (Å²) < 4.78 is 0. The number of carbonyl (C=O) groups is 2. The lowest BCUT2D eigenvalue weighted by atomic mass is 10.0. The molecule has 1 unspecified atom stereocenters. The molecule has 166 valence electrons. The Balaban J connectivity index is 1.19.